The molecule has 110 valence electrons. The van der Waals surface area contributed by atoms with Crippen molar-refractivity contribution in [2.24, 2.45) is 5.92 Å². The van der Waals surface area contributed by atoms with E-state index >= 15 is 0 Å². The van der Waals surface area contributed by atoms with Crippen LogP contribution in [0.3, 0.4) is 0 Å². The van der Waals surface area contributed by atoms with Crippen molar-refractivity contribution in [3.63, 3.8) is 0 Å². The minimum absolute atomic E-state index is 0.676. The minimum atomic E-state index is 0.676. The van der Waals surface area contributed by atoms with Crippen LogP contribution in [0.4, 0.5) is 0 Å². The summed E-state index contributed by atoms with van der Waals surface area (Å²) in [6, 6.07) is 5.24. The summed E-state index contributed by atoms with van der Waals surface area (Å²) in [4.78, 5) is 5.50. The third-order valence-corrected chi connectivity index (χ3v) is 4.62. The fourth-order valence-corrected chi connectivity index (χ4v) is 3.14. The summed E-state index contributed by atoms with van der Waals surface area (Å²) in [6.07, 6.45) is 1.22. The van der Waals surface area contributed by atoms with Crippen molar-refractivity contribution in [1.29, 1.82) is 0 Å². The standard InChI is InChI=1S/C16H30N2S/c1-6-14(5)18(7-2)12-16-9-8-15(19-16)11-17-10-13(3)4/h8-9,13-14,17H,6-7,10-12H2,1-5H3. The van der Waals surface area contributed by atoms with Crippen LogP contribution in [0.25, 0.3) is 0 Å². The Bertz CT molecular complexity index is 346. The lowest BCUT2D eigenvalue weighted by atomic mass is 10.2. The Labute approximate surface area is 123 Å². The highest BCUT2D eigenvalue weighted by Gasteiger charge is 2.11. The Hall–Kier alpha value is -0.380. The van der Waals surface area contributed by atoms with E-state index in [0.717, 1.165) is 32.1 Å². The molecule has 2 nitrogen and oxygen atoms in total. The molecule has 3 heteroatoms. The van der Waals surface area contributed by atoms with Crippen molar-refractivity contribution in [1.82, 2.24) is 10.2 Å². The summed E-state index contributed by atoms with van der Waals surface area (Å²) in [7, 11) is 0. The first-order valence-electron chi connectivity index (χ1n) is 7.59. The average molecular weight is 282 g/mol. The van der Waals surface area contributed by atoms with Crippen LogP contribution in [0, 0.1) is 5.92 Å². The van der Waals surface area contributed by atoms with Crippen molar-refractivity contribution in [2.75, 3.05) is 13.1 Å². The van der Waals surface area contributed by atoms with Gasteiger partial charge in [0.15, 0.2) is 0 Å². The van der Waals surface area contributed by atoms with Gasteiger partial charge >= 0.3 is 0 Å². The Morgan fingerprint density at radius 1 is 1.16 bits per heavy atom. The maximum absolute atomic E-state index is 3.51. The molecule has 0 amide bonds. The van der Waals surface area contributed by atoms with Gasteiger partial charge in [-0.3, -0.25) is 4.90 Å². The number of nitrogens with zero attached hydrogens (tertiary/aromatic N) is 1. The quantitative estimate of drug-likeness (QED) is 0.733. The third-order valence-electron chi connectivity index (χ3n) is 3.55. The van der Waals surface area contributed by atoms with Crippen LogP contribution in [0.5, 0.6) is 0 Å². The summed E-state index contributed by atoms with van der Waals surface area (Å²) in [5, 5.41) is 3.51. The SMILES string of the molecule is CCC(C)N(CC)Cc1ccc(CNCC(C)C)s1. The summed E-state index contributed by atoms with van der Waals surface area (Å²) in [5.74, 6) is 0.723. The molecule has 1 unspecified atom stereocenters. The summed E-state index contributed by atoms with van der Waals surface area (Å²) < 4.78 is 0. The molecule has 1 heterocycles. The van der Waals surface area contributed by atoms with E-state index in [-0.39, 0.29) is 0 Å². The van der Waals surface area contributed by atoms with E-state index in [1.54, 1.807) is 0 Å². The van der Waals surface area contributed by atoms with Gasteiger partial charge in [-0.05, 0) is 44.5 Å². The second kappa shape index (κ2) is 8.72. The molecule has 0 aliphatic heterocycles. The van der Waals surface area contributed by atoms with Crippen LogP contribution in [-0.2, 0) is 13.1 Å². The molecule has 1 N–H and O–H groups in total. The molecule has 1 rings (SSSR count). The molecule has 1 aromatic heterocycles. The van der Waals surface area contributed by atoms with Crippen molar-refractivity contribution < 1.29 is 0 Å². The number of thiophene rings is 1. The number of hydrogen-bond acceptors (Lipinski definition) is 3. The van der Waals surface area contributed by atoms with E-state index in [4.69, 9.17) is 0 Å². The van der Waals surface area contributed by atoms with E-state index < -0.39 is 0 Å². The largest absolute Gasteiger partial charge is 0.312 e. The molecular weight excluding hydrogens is 252 g/mol. The third kappa shape index (κ3) is 6.07. The van der Waals surface area contributed by atoms with E-state index in [1.807, 2.05) is 11.3 Å². The van der Waals surface area contributed by atoms with E-state index in [0.29, 0.717) is 6.04 Å². The van der Waals surface area contributed by atoms with Crippen LogP contribution in [0.15, 0.2) is 12.1 Å². The Balaban J connectivity index is 2.45. The van der Waals surface area contributed by atoms with Gasteiger partial charge in [-0.1, -0.05) is 27.7 Å². The van der Waals surface area contributed by atoms with Gasteiger partial charge in [0.2, 0.25) is 0 Å². The Morgan fingerprint density at radius 2 is 1.84 bits per heavy atom. The van der Waals surface area contributed by atoms with Gasteiger partial charge in [-0.25, -0.2) is 0 Å². The summed E-state index contributed by atoms with van der Waals surface area (Å²) >= 11 is 1.95. The molecule has 1 aromatic rings. The van der Waals surface area contributed by atoms with Crippen molar-refractivity contribution in [2.45, 2.75) is 60.2 Å². The summed E-state index contributed by atoms with van der Waals surface area (Å²) in [6.45, 7) is 15.7. The first-order valence-corrected chi connectivity index (χ1v) is 8.40. The monoisotopic (exact) mass is 282 g/mol. The van der Waals surface area contributed by atoms with Crippen molar-refractivity contribution in [3.05, 3.63) is 21.9 Å². The molecule has 0 bridgehead atoms. The molecule has 0 saturated heterocycles. The normalized spacial score (nSPS) is 13.4. The molecule has 0 saturated carbocycles. The lowest BCUT2D eigenvalue weighted by Gasteiger charge is -2.26. The highest BCUT2D eigenvalue weighted by atomic mass is 32.1. The van der Waals surface area contributed by atoms with Gasteiger partial charge in [0.1, 0.15) is 0 Å². The Kier molecular flexibility index (Phi) is 7.66. The zero-order chi connectivity index (χ0) is 14.3. The number of rotatable bonds is 9. The zero-order valence-electron chi connectivity index (χ0n) is 13.2. The van der Waals surface area contributed by atoms with Gasteiger partial charge in [-0.2, -0.15) is 0 Å². The molecule has 0 radical (unpaired) electrons. The molecular formula is C16H30N2S. The molecule has 0 aromatic carbocycles. The van der Waals surface area contributed by atoms with E-state index in [9.17, 15) is 0 Å². The van der Waals surface area contributed by atoms with Crippen LogP contribution < -0.4 is 5.32 Å². The minimum Gasteiger partial charge on any atom is -0.312 e. The number of hydrogen-bond donors (Lipinski definition) is 1. The fraction of sp³-hybridized carbons (Fsp3) is 0.750. The van der Waals surface area contributed by atoms with Gasteiger partial charge in [0.05, 0.1) is 0 Å². The van der Waals surface area contributed by atoms with Gasteiger partial charge in [-0.15, -0.1) is 11.3 Å². The van der Waals surface area contributed by atoms with Gasteiger partial charge in [0, 0.05) is 28.9 Å². The highest BCUT2D eigenvalue weighted by molar-refractivity contribution is 7.11. The number of nitrogens with one attached hydrogen (secondary N) is 1. The van der Waals surface area contributed by atoms with Gasteiger partial charge < -0.3 is 5.32 Å². The lowest BCUT2D eigenvalue weighted by Crippen LogP contribution is -2.31. The first kappa shape index (κ1) is 16.7. The average Bonchev–Trinajstić information content (AvgIpc) is 2.82. The van der Waals surface area contributed by atoms with Crippen LogP contribution in [-0.4, -0.2) is 24.0 Å². The van der Waals surface area contributed by atoms with Crippen LogP contribution in [0.2, 0.25) is 0 Å². The lowest BCUT2D eigenvalue weighted by molar-refractivity contribution is 0.208. The van der Waals surface area contributed by atoms with Crippen LogP contribution >= 0.6 is 11.3 Å². The van der Waals surface area contributed by atoms with Crippen LogP contribution in [0.1, 0.15) is 50.8 Å². The Morgan fingerprint density at radius 3 is 2.42 bits per heavy atom. The molecule has 0 aliphatic rings. The molecule has 0 aliphatic carbocycles. The highest BCUT2D eigenvalue weighted by Crippen LogP contribution is 2.19. The zero-order valence-corrected chi connectivity index (χ0v) is 14.0. The fourth-order valence-electron chi connectivity index (χ4n) is 2.12. The second-order valence-electron chi connectivity index (χ2n) is 5.71. The molecule has 0 fully saturated rings. The summed E-state index contributed by atoms with van der Waals surface area (Å²) in [5.41, 5.74) is 0. The van der Waals surface area contributed by atoms with Gasteiger partial charge in [0.25, 0.3) is 0 Å². The molecule has 1 atom stereocenters. The second-order valence-corrected chi connectivity index (χ2v) is 6.97. The topological polar surface area (TPSA) is 15.3 Å². The maximum Gasteiger partial charge on any atom is 0.0330 e. The smallest absolute Gasteiger partial charge is 0.0330 e. The predicted octanol–water partition coefficient (Wildman–Crippen LogP) is 4.11. The molecule has 0 spiro atoms. The maximum atomic E-state index is 3.51. The predicted molar refractivity (Wildman–Crippen MR) is 86.7 cm³/mol. The van der Waals surface area contributed by atoms with E-state index in [2.05, 4.69) is 57.0 Å². The van der Waals surface area contributed by atoms with Crippen molar-refractivity contribution in [3.8, 4) is 0 Å². The van der Waals surface area contributed by atoms with E-state index in [1.165, 1.54) is 16.2 Å². The molecule has 19 heavy (non-hydrogen) atoms. The van der Waals surface area contributed by atoms with Crippen molar-refractivity contribution >= 4 is 11.3 Å². The first-order chi connectivity index (χ1) is 9.06.